The summed E-state index contributed by atoms with van der Waals surface area (Å²) in [5, 5.41) is 12.6. The van der Waals surface area contributed by atoms with E-state index in [0.29, 0.717) is 12.6 Å². The number of likely N-dealkylation sites (N-methyl/N-ethyl adjacent to an activating group) is 1. The van der Waals surface area contributed by atoms with E-state index in [4.69, 9.17) is 4.74 Å². The molecule has 0 fully saturated rings. The lowest BCUT2D eigenvalue weighted by Gasteiger charge is -2.11. The average Bonchev–Trinajstić information content (AvgIpc) is 2.46. The van der Waals surface area contributed by atoms with Crippen molar-refractivity contribution in [1.82, 2.24) is 5.32 Å². The van der Waals surface area contributed by atoms with Crippen LogP contribution in [-0.2, 0) is 13.0 Å². The number of rotatable bonds is 6. The molecule has 0 aliphatic rings. The van der Waals surface area contributed by atoms with E-state index in [0.717, 1.165) is 17.7 Å². The lowest BCUT2D eigenvalue weighted by Crippen LogP contribution is -2.23. The van der Waals surface area contributed by atoms with Crippen molar-refractivity contribution in [3.05, 3.63) is 59.7 Å². The Labute approximate surface area is 120 Å². The van der Waals surface area contributed by atoms with Crippen molar-refractivity contribution in [2.75, 3.05) is 7.05 Å². The van der Waals surface area contributed by atoms with E-state index in [1.807, 2.05) is 31.3 Å². The third-order valence-corrected chi connectivity index (χ3v) is 3.27. The van der Waals surface area contributed by atoms with E-state index in [-0.39, 0.29) is 5.75 Å². The van der Waals surface area contributed by atoms with Gasteiger partial charge in [0.1, 0.15) is 18.1 Å². The molecule has 2 aromatic carbocycles. The molecule has 2 aromatic rings. The van der Waals surface area contributed by atoms with Gasteiger partial charge in [-0.25, -0.2) is 0 Å². The van der Waals surface area contributed by atoms with Gasteiger partial charge in [0.25, 0.3) is 0 Å². The van der Waals surface area contributed by atoms with Crippen LogP contribution in [0.25, 0.3) is 0 Å². The molecule has 20 heavy (non-hydrogen) atoms. The van der Waals surface area contributed by atoms with E-state index >= 15 is 0 Å². The first kappa shape index (κ1) is 14.4. The topological polar surface area (TPSA) is 41.5 Å². The molecule has 0 saturated heterocycles. The van der Waals surface area contributed by atoms with Crippen molar-refractivity contribution >= 4 is 0 Å². The Morgan fingerprint density at radius 3 is 2.50 bits per heavy atom. The Morgan fingerprint density at radius 2 is 1.85 bits per heavy atom. The Morgan fingerprint density at radius 1 is 1.10 bits per heavy atom. The summed E-state index contributed by atoms with van der Waals surface area (Å²) in [7, 11) is 1.97. The van der Waals surface area contributed by atoms with E-state index < -0.39 is 0 Å². The van der Waals surface area contributed by atoms with Crippen LogP contribution < -0.4 is 10.1 Å². The third-order valence-electron chi connectivity index (χ3n) is 3.27. The quantitative estimate of drug-likeness (QED) is 0.848. The Bertz CT molecular complexity index is 537. The zero-order valence-corrected chi connectivity index (χ0v) is 12.0. The summed E-state index contributed by atoms with van der Waals surface area (Å²) in [6.45, 7) is 2.62. The minimum atomic E-state index is 0.266. The summed E-state index contributed by atoms with van der Waals surface area (Å²) in [4.78, 5) is 0. The molecule has 1 atom stereocenters. The normalized spacial score (nSPS) is 12.1. The van der Waals surface area contributed by atoms with Gasteiger partial charge in [-0.05, 0) is 55.8 Å². The lowest BCUT2D eigenvalue weighted by molar-refractivity contribution is 0.305. The van der Waals surface area contributed by atoms with E-state index in [2.05, 4.69) is 24.4 Å². The molecule has 0 aromatic heterocycles. The first-order chi connectivity index (χ1) is 9.67. The maximum Gasteiger partial charge on any atom is 0.119 e. The summed E-state index contributed by atoms with van der Waals surface area (Å²) in [6, 6.07) is 15.7. The Hall–Kier alpha value is -2.00. The number of phenolic OH excluding ortho intramolecular Hbond substituents is 1. The van der Waals surface area contributed by atoms with Crippen molar-refractivity contribution in [2.45, 2.75) is 26.0 Å². The van der Waals surface area contributed by atoms with Crippen molar-refractivity contribution in [3.63, 3.8) is 0 Å². The van der Waals surface area contributed by atoms with Crippen LogP contribution in [0.5, 0.6) is 11.5 Å². The zero-order chi connectivity index (χ0) is 14.4. The van der Waals surface area contributed by atoms with E-state index in [9.17, 15) is 5.11 Å². The highest BCUT2D eigenvalue weighted by Gasteiger charge is 2.01. The molecule has 0 amide bonds. The summed E-state index contributed by atoms with van der Waals surface area (Å²) in [5.41, 5.74) is 2.24. The number of benzene rings is 2. The second kappa shape index (κ2) is 6.96. The lowest BCUT2D eigenvalue weighted by atomic mass is 10.1. The third kappa shape index (κ3) is 4.28. The molecule has 0 spiro atoms. The number of nitrogens with one attached hydrogen (secondary N) is 1. The molecule has 0 aliphatic carbocycles. The highest BCUT2D eigenvalue weighted by atomic mass is 16.5. The second-order valence-corrected chi connectivity index (χ2v) is 5.00. The van der Waals surface area contributed by atoms with Crippen LogP contribution in [0.1, 0.15) is 18.1 Å². The molecular weight excluding hydrogens is 250 g/mol. The maximum absolute atomic E-state index is 9.39. The Kier molecular flexibility index (Phi) is 5.02. The van der Waals surface area contributed by atoms with Crippen molar-refractivity contribution in [1.29, 1.82) is 0 Å². The standard InChI is InChI=1S/C17H21NO2/c1-13(18-2)10-14-6-8-17(9-7-14)20-12-15-4-3-5-16(19)11-15/h3-9,11,13,18-19H,10,12H2,1-2H3. The minimum absolute atomic E-state index is 0.266. The predicted octanol–water partition coefficient (Wildman–Crippen LogP) is 3.12. The van der Waals surface area contributed by atoms with Gasteiger partial charge < -0.3 is 15.2 Å². The smallest absolute Gasteiger partial charge is 0.119 e. The van der Waals surface area contributed by atoms with Gasteiger partial charge in [-0.15, -0.1) is 0 Å². The minimum Gasteiger partial charge on any atom is -0.508 e. The summed E-state index contributed by atoms with van der Waals surface area (Å²) in [5.74, 6) is 1.11. The largest absolute Gasteiger partial charge is 0.508 e. The molecular formula is C17H21NO2. The van der Waals surface area contributed by atoms with Crippen LogP contribution in [0.2, 0.25) is 0 Å². The van der Waals surface area contributed by atoms with Gasteiger partial charge in [0.15, 0.2) is 0 Å². The van der Waals surface area contributed by atoms with Gasteiger partial charge in [-0.1, -0.05) is 24.3 Å². The zero-order valence-electron chi connectivity index (χ0n) is 12.0. The maximum atomic E-state index is 9.39. The van der Waals surface area contributed by atoms with Crippen LogP contribution in [-0.4, -0.2) is 18.2 Å². The van der Waals surface area contributed by atoms with Crippen molar-refractivity contribution in [2.24, 2.45) is 0 Å². The molecule has 0 aliphatic heterocycles. The molecule has 3 nitrogen and oxygen atoms in total. The number of hydrogen-bond acceptors (Lipinski definition) is 3. The van der Waals surface area contributed by atoms with Crippen LogP contribution >= 0.6 is 0 Å². The Balaban J connectivity index is 1.90. The highest BCUT2D eigenvalue weighted by molar-refractivity contribution is 5.30. The van der Waals surface area contributed by atoms with Gasteiger partial charge in [0, 0.05) is 6.04 Å². The van der Waals surface area contributed by atoms with Crippen LogP contribution in [0.3, 0.4) is 0 Å². The van der Waals surface area contributed by atoms with E-state index in [1.165, 1.54) is 5.56 Å². The van der Waals surface area contributed by atoms with Crippen LogP contribution in [0, 0.1) is 0 Å². The highest BCUT2D eigenvalue weighted by Crippen LogP contribution is 2.17. The monoisotopic (exact) mass is 271 g/mol. The molecule has 0 radical (unpaired) electrons. The average molecular weight is 271 g/mol. The fraction of sp³-hybridized carbons (Fsp3) is 0.294. The molecule has 3 heteroatoms. The molecule has 2 N–H and O–H groups in total. The van der Waals surface area contributed by atoms with E-state index in [1.54, 1.807) is 12.1 Å². The predicted molar refractivity (Wildman–Crippen MR) is 81.1 cm³/mol. The fourth-order valence-electron chi connectivity index (χ4n) is 1.99. The first-order valence-electron chi connectivity index (χ1n) is 6.84. The first-order valence-corrected chi connectivity index (χ1v) is 6.84. The molecule has 1 unspecified atom stereocenters. The molecule has 0 saturated carbocycles. The van der Waals surface area contributed by atoms with Gasteiger partial charge in [-0.2, -0.15) is 0 Å². The number of hydrogen-bond donors (Lipinski definition) is 2. The van der Waals surface area contributed by atoms with Crippen molar-refractivity contribution in [3.8, 4) is 11.5 Å². The number of aromatic hydroxyl groups is 1. The number of phenols is 1. The van der Waals surface area contributed by atoms with Gasteiger partial charge in [0.05, 0.1) is 0 Å². The molecule has 2 rings (SSSR count). The fourth-order valence-corrected chi connectivity index (χ4v) is 1.99. The van der Waals surface area contributed by atoms with Crippen LogP contribution in [0.15, 0.2) is 48.5 Å². The van der Waals surface area contributed by atoms with Gasteiger partial charge in [-0.3, -0.25) is 0 Å². The summed E-state index contributed by atoms with van der Waals surface area (Å²) >= 11 is 0. The molecule has 0 heterocycles. The summed E-state index contributed by atoms with van der Waals surface area (Å²) < 4.78 is 5.71. The SMILES string of the molecule is CNC(C)Cc1ccc(OCc2cccc(O)c2)cc1. The van der Waals surface area contributed by atoms with Crippen molar-refractivity contribution < 1.29 is 9.84 Å². The van der Waals surface area contributed by atoms with Crippen LogP contribution in [0.4, 0.5) is 0 Å². The molecule has 106 valence electrons. The molecule has 0 bridgehead atoms. The number of ether oxygens (including phenoxy) is 1. The van der Waals surface area contributed by atoms with Gasteiger partial charge >= 0.3 is 0 Å². The van der Waals surface area contributed by atoms with Gasteiger partial charge in [0.2, 0.25) is 0 Å². The summed E-state index contributed by atoms with van der Waals surface area (Å²) in [6.07, 6.45) is 1.00. The second-order valence-electron chi connectivity index (χ2n) is 5.00.